The molecule has 0 fully saturated rings. The molecule has 4 heteroatoms. The van der Waals surface area contributed by atoms with Gasteiger partial charge in [-0.3, -0.25) is 5.41 Å². The average Bonchev–Trinajstić information content (AvgIpc) is 2.49. The number of nitrogens with two attached hydrogens (primary N) is 1. The van der Waals surface area contributed by atoms with E-state index in [0.717, 1.165) is 11.1 Å². The van der Waals surface area contributed by atoms with E-state index in [4.69, 9.17) is 11.1 Å². The van der Waals surface area contributed by atoms with Crippen LogP contribution in [-0.2, 0) is 0 Å². The molecule has 12 heavy (non-hydrogen) atoms. The number of nitrogens with zero attached hydrogens (tertiary/aromatic N) is 2. The number of pyridine rings is 1. The predicted molar refractivity (Wildman–Crippen MR) is 46.2 cm³/mol. The van der Waals surface area contributed by atoms with Crippen LogP contribution in [-0.4, -0.2) is 15.2 Å². The van der Waals surface area contributed by atoms with Crippen LogP contribution in [0.3, 0.4) is 0 Å². The van der Waals surface area contributed by atoms with Crippen molar-refractivity contribution in [2.24, 2.45) is 5.73 Å². The smallest absolute Gasteiger partial charge is 0.124 e. The summed E-state index contributed by atoms with van der Waals surface area (Å²) in [4.78, 5) is 3.96. The maximum absolute atomic E-state index is 7.29. The van der Waals surface area contributed by atoms with Crippen molar-refractivity contribution in [3.05, 3.63) is 36.4 Å². The Morgan fingerprint density at radius 3 is 3.17 bits per heavy atom. The number of amidine groups is 1. The highest BCUT2D eigenvalue weighted by molar-refractivity contribution is 6.01. The molecule has 2 rings (SSSR count). The van der Waals surface area contributed by atoms with Crippen molar-refractivity contribution in [2.75, 3.05) is 0 Å². The third-order valence-corrected chi connectivity index (χ3v) is 1.74. The van der Waals surface area contributed by atoms with Gasteiger partial charge in [0.1, 0.15) is 5.84 Å². The van der Waals surface area contributed by atoms with E-state index in [-0.39, 0.29) is 5.84 Å². The van der Waals surface area contributed by atoms with Crippen molar-refractivity contribution in [3.63, 3.8) is 0 Å². The van der Waals surface area contributed by atoms with Crippen molar-refractivity contribution in [1.29, 1.82) is 5.41 Å². The fraction of sp³-hybridized carbons (Fsp3) is 0. The number of fused-ring (bicyclic) bond motifs is 1. The minimum atomic E-state index is 0.0705. The Kier molecular flexibility index (Phi) is 1.33. The molecule has 0 atom stereocenters. The van der Waals surface area contributed by atoms with E-state index in [1.54, 1.807) is 18.6 Å². The van der Waals surface area contributed by atoms with Crippen molar-refractivity contribution in [1.82, 2.24) is 9.38 Å². The molecule has 2 heterocycles. The van der Waals surface area contributed by atoms with Gasteiger partial charge in [0.05, 0.1) is 18.0 Å². The number of rotatable bonds is 1. The first-order valence-corrected chi connectivity index (χ1v) is 3.54. The quantitative estimate of drug-likeness (QED) is 0.474. The summed E-state index contributed by atoms with van der Waals surface area (Å²) in [5.41, 5.74) is 6.96. The van der Waals surface area contributed by atoms with Crippen LogP contribution in [0.25, 0.3) is 5.52 Å². The fourth-order valence-electron chi connectivity index (χ4n) is 1.18. The first-order valence-electron chi connectivity index (χ1n) is 3.54. The van der Waals surface area contributed by atoms with Crippen LogP contribution in [0.4, 0.5) is 0 Å². The molecule has 0 unspecified atom stereocenters. The Morgan fingerprint density at radius 2 is 2.42 bits per heavy atom. The maximum atomic E-state index is 7.29. The van der Waals surface area contributed by atoms with Gasteiger partial charge in [-0.25, -0.2) is 4.98 Å². The third-order valence-electron chi connectivity index (χ3n) is 1.74. The van der Waals surface area contributed by atoms with Gasteiger partial charge in [-0.1, -0.05) is 0 Å². The lowest BCUT2D eigenvalue weighted by Crippen LogP contribution is -2.11. The Bertz CT molecular complexity index is 429. The van der Waals surface area contributed by atoms with Crippen molar-refractivity contribution in [3.8, 4) is 0 Å². The normalized spacial score (nSPS) is 10.3. The zero-order chi connectivity index (χ0) is 8.55. The van der Waals surface area contributed by atoms with Crippen LogP contribution >= 0.6 is 0 Å². The SMILES string of the molecule is N=C(N)c1cccn2cncc12. The number of nitrogens with one attached hydrogen (secondary N) is 1. The Balaban J connectivity index is 2.82. The average molecular weight is 160 g/mol. The van der Waals surface area contributed by atoms with Gasteiger partial charge in [-0.15, -0.1) is 0 Å². The molecule has 2 aromatic heterocycles. The second-order valence-electron chi connectivity index (χ2n) is 2.52. The third kappa shape index (κ3) is 0.852. The van der Waals surface area contributed by atoms with E-state index in [2.05, 4.69) is 4.98 Å². The summed E-state index contributed by atoms with van der Waals surface area (Å²) in [5, 5.41) is 7.29. The Hall–Kier alpha value is -1.84. The van der Waals surface area contributed by atoms with E-state index in [0.29, 0.717) is 0 Å². The van der Waals surface area contributed by atoms with Gasteiger partial charge >= 0.3 is 0 Å². The van der Waals surface area contributed by atoms with Crippen LogP contribution in [0, 0.1) is 5.41 Å². The Morgan fingerprint density at radius 1 is 1.58 bits per heavy atom. The summed E-state index contributed by atoms with van der Waals surface area (Å²) < 4.78 is 1.83. The number of aromatic nitrogens is 2. The van der Waals surface area contributed by atoms with Crippen molar-refractivity contribution < 1.29 is 0 Å². The zero-order valence-corrected chi connectivity index (χ0v) is 6.36. The van der Waals surface area contributed by atoms with Gasteiger partial charge < -0.3 is 10.1 Å². The molecule has 0 aliphatic heterocycles. The number of hydrogen-bond donors (Lipinski definition) is 2. The van der Waals surface area contributed by atoms with E-state index in [1.807, 2.05) is 16.7 Å². The highest BCUT2D eigenvalue weighted by Crippen LogP contribution is 2.08. The fourth-order valence-corrected chi connectivity index (χ4v) is 1.18. The number of hydrogen-bond acceptors (Lipinski definition) is 2. The minimum Gasteiger partial charge on any atom is -0.384 e. The monoisotopic (exact) mass is 160 g/mol. The standard InChI is InChI=1S/C8H8N4/c9-8(10)6-2-1-3-12-5-11-4-7(6)12/h1-5H,(H3,9,10). The van der Waals surface area contributed by atoms with Crippen LogP contribution in [0.5, 0.6) is 0 Å². The second-order valence-corrected chi connectivity index (χ2v) is 2.52. The molecule has 2 aromatic rings. The van der Waals surface area contributed by atoms with Crippen LogP contribution < -0.4 is 5.73 Å². The molecule has 0 aliphatic rings. The van der Waals surface area contributed by atoms with Gasteiger partial charge in [-0.2, -0.15) is 0 Å². The van der Waals surface area contributed by atoms with Crippen molar-refractivity contribution >= 4 is 11.4 Å². The van der Waals surface area contributed by atoms with Crippen LogP contribution in [0.15, 0.2) is 30.9 Å². The maximum Gasteiger partial charge on any atom is 0.124 e. The van der Waals surface area contributed by atoms with E-state index in [9.17, 15) is 0 Å². The first kappa shape index (κ1) is 6.84. The molecular formula is C8H8N4. The van der Waals surface area contributed by atoms with Gasteiger partial charge in [-0.05, 0) is 12.1 Å². The summed E-state index contributed by atoms with van der Waals surface area (Å²) in [6, 6.07) is 3.64. The second kappa shape index (κ2) is 2.34. The molecule has 0 saturated heterocycles. The molecule has 3 N–H and O–H groups in total. The van der Waals surface area contributed by atoms with E-state index < -0.39 is 0 Å². The molecular weight excluding hydrogens is 152 g/mol. The molecule has 0 radical (unpaired) electrons. The van der Waals surface area contributed by atoms with Gasteiger partial charge in [0.2, 0.25) is 0 Å². The largest absolute Gasteiger partial charge is 0.384 e. The summed E-state index contributed by atoms with van der Waals surface area (Å²) in [6.07, 6.45) is 5.24. The van der Waals surface area contributed by atoms with Crippen molar-refractivity contribution in [2.45, 2.75) is 0 Å². The Labute approximate surface area is 69.2 Å². The molecule has 0 amide bonds. The summed E-state index contributed by atoms with van der Waals surface area (Å²) >= 11 is 0. The lowest BCUT2D eigenvalue weighted by atomic mass is 10.2. The molecule has 0 saturated carbocycles. The summed E-state index contributed by atoms with van der Waals surface area (Å²) in [5.74, 6) is 0.0705. The highest BCUT2D eigenvalue weighted by atomic mass is 15.0. The van der Waals surface area contributed by atoms with E-state index in [1.165, 1.54) is 0 Å². The zero-order valence-electron chi connectivity index (χ0n) is 6.36. The molecule has 0 bridgehead atoms. The van der Waals surface area contributed by atoms with Crippen LogP contribution in [0.1, 0.15) is 5.56 Å². The number of nitrogen functional groups attached to an aromatic ring is 1. The lowest BCUT2D eigenvalue weighted by molar-refractivity contribution is 1.15. The van der Waals surface area contributed by atoms with E-state index >= 15 is 0 Å². The van der Waals surface area contributed by atoms with Crippen LogP contribution in [0.2, 0.25) is 0 Å². The molecule has 0 aliphatic carbocycles. The lowest BCUT2D eigenvalue weighted by Gasteiger charge is -1.99. The minimum absolute atomic E-state index is 0.0705. The van der Waals surface area contributed by atoms with Gasteiger partial charge in [0, 0.05) is 11.8 Å². The molecule has 4 nitrogen and oxygen atoms in total. The predicted octanol–water partition coefficient (Wildman–Crippen LogP) is 0.618. The molecule has 0 aromatic carbocycles. The van der Waals surface area contributed by atoms with Gasteiger partial charge in [0.25, 0.3) is 0 Å². The summed E-state index contributed by atoms with van der Waals surface area (Å²) in [6.45, 7) is 0. The van der Waals surface area contributed by atoms with Gasteiger partial charge in [0.15, 0.2) is 0 Å². The topological polar surface area (TPSA) is 67.2 Å². The molecule has 60 valence electrons. The molecule has 0 spiro atoms. The number of imidazole rings is 1. The first-order chi connectivity index (χ1) is 5.79. The summed E-state index contributed by atoms with van der Waals surface area (Å²) in [7, 11) is 0. The highest BCUT2D eigenvalue weighted by Gasteiger charge is 2.02.